The zero-order valence-corrected chi connectivity index (χ0v) is 12.8. The summed E-state index contributed by atoms with van der Waals surface area (Å²) in [6, 6.07) is 16.4. The van der Waals surface area contributed by atoms with Gasteiger partial charge in [-0.2, -0.15) is 0 Å². The highest BCUT2D eigenvalue weighted by Gasteiger charge is 2.02. The Labute approximate surface area is 127 Å². The van der Waals surface area contributed by atoms with Crippen LogP contribution in [0.25, 0.3) is 0 Å². The molecule has 0 unspecified atom stereocenters. The van der Waals surface area contributed by atoms with Crippen LogP contribution in [0.15, 0.2) is 61.2 Å². The van der Waals surface area contributed by atoms with Crippen LogP contribution >= 0.6 is 22.6 Å². The van der Waals surface area contributed by atoms with Gasteiger partial charge >= 0.3 is 0 Å². The lowest BCUT2D eigenvalue weighted by Crippen LogP contribution is -2.03. The van der Waals surface area contributed by atoms with Gasteiger partial charge in [-0.1, -0.05) is 36.9 Å². The molecular formula is C16H16INO. The van der Waals surface area contributed by atoms with Crippen LogP contribution in [0.3, 0.4) is 0 Å². The molecule has 0 heterocycles. The highest BCUT2D eigenvalue weighted by Crippen LogP contribution is 2.20. The molecule has 0 atom stereocenters. The molecule has 19 heavy (non-hydrogen) atoms. The van der Waals surface area contributed by atoms with E-state index in [0.717, 1.165) is 23.5 Å². The molecule has 0 fully saturated rings. The van der Waals surface area contributed by atoms with E-state index in [1.807, 2.05) is 24.3 Å². The van der Waals surface area contributed by atoms with E-state index in [9.17, 15) is 0 Å². The fraction of sp³-hybridized carbons (Fsp3) is 0.125. The lowest BCUT2D eigenvalue weighted by atomic mass is 10.2. The van der Waals surface area contributed by atoms with Crippen LogP contribution in [0.2, 0.25) is 0 Å². The summed E-state index contributed by atoms with van der Waals surface area (Å²) in [6.45, 7) is 4.94. The molecule has 0 amide bonds. The molecule has 98 valence electrons. The minimum atomic E-state index is 0.528. The molecule has 0 aliphatic rings. The van der Waals surface area contributed by atoms with Gasteiger partial charge in [-0.05, 0) is 46.9 Å². The first-order chi connectivity index (χ1) is 9.29. The molecule has 2 aromatic rings. The number of ether oxygens (including phenoxy) is 1. The number of halogens is 1. The number of benzene rings is 2. The van der Waals surface area contributed by atoms with Gasteiger partial charge in [0.25, 0.3) is 0 Å². The quantitative estimate of drug-likeness (QED) is 0.603. The van der Waals surface area contributed by atoms with Gasteiger partial charge in [0.15, 0.2) is 0 Å². The van der Waals surface area contributed by atoms with Crippen LogP contribution in [-0.2, 0) is 6.54 Å². The summed E-state index contributed by atoms with van der Waals surface area (Å²) in [4.78, 5) is 0. The molecule has 0 spiro atoms. The van der Waals surface area contributed by atoms with E-state index in [2.05, 4.69) is 58.8 Å². The van der Waals surface area contributed by atoms with E-state index in [-0.39, 0.29) is 0 Å². The maximum Gasteiger partial charge on any atom is 0.124 e. The smallest absolute Gasteiger partial charge is 0.124 e. The first-order valence-electron chi connectivity index (χ1n) is 6.10. The van der Waals surface area contributed by atoms with Crippen molar-refractivity contribution in [1.29, 1.82) is 0 Å². The van der Waals surface area contributed by atoms with Crippen molar-refractivity contribution in [2.75, 3.05) is 11.9 Å². The van der Waals surface area contributed by atoms with E-state index < -0.39 is 0 Å². The van der Waals surface area contributed by atoms with Gasteiger partial charge in [0.05, 0.1) is 0 Å². The Morgan fingerprint density at radius 1 is 1.16 bits per heavy atom. The summed E-state index contributed by atoms with van der Waals surface area (Å²) < 4.78 is 6.86. The summed E-state index contributed by atoms with van der Waals surface area (Å²) in [7, 11) is 0. The molecule has 2 nitrogen and oxygen atoms in total. The van der Waals surface area contributed by atoms with Crippen LogP contribution in [0.1, 0.15) is 5.56 Å². The van der Waals surface area contributed by atoms with Gasteiger partial charge in [0, 0.05) is 21.4 Å². The molecule has 0 radical (unpaired) electrons. The second-order valence-electron chi connectivity index (χ2n) is 4.07. The lowest BCUT2D eigenvalue weighted by Gasteiger charge is -2.12. The molecule has 2 aromatic carbocycles. The van der Waals surface area contributed by atoms with Crippen molar-refractivity contribution in [3.63, 3.8) is 0 Å². The zero-order valence-electron chi connectivity index (χ0n) is 10.6. The van der Waals surface area contributed by atoms with Gasteiger partial charge in [0.2, 0.25) is 0 Å². The Balaban J connectivity index is 2.04. The molecule has 1 N–H and O–H groups in total. The van der Waals surface area contributed by atoms with Crippen molar-refractivity contribution < 1.29 is 4.74 Å². The van der Waals surface area contributed by atoms with Gasteiger partial charge < -0.3 is 10.1 Å². The van der Waals surface area contributed by atoms with E-state index >= 15 is 0 Å². The van der Waals surface area contributed by atoms with E-state index in [1.165, 1.54) is 3.57 Å². The molecular weight excluding hydrogens is 349 g/mol. The van der Waals surface area contributed by atoms with Crippen LogP contribution in [0.5, 0.6) is 5.75 Å². The third kappa shape index (κ3) is 4.28. The number of para-hydroxylation sites is 1. The normalized spacial score (nSPS) is 9.95. The highest BCUT2D eigenvalue weighted by molar-refractivity contribution is 14.1. The standard InChI is InChI=1S/C16H16INO/c1-2-10-19-16-9-4-3-6-13(16)12-18-15-8-5-7-14(17)11-15/h2-9,11,18H,1,10,12H2. The molecule has 0 saturated carbocycles. The number of anilines is 1. The molecule has 0 aliphatic heterocycles. The van der Waals surface area contributed by atoms with Crippen molar-refractivity contribution in [1.82, 2.24) is 0 Å². The number of hydrogen-bond donors (Lipinski definition) is 1. The van der Waals surface area contributed by atoms with Crippen molar-refractivity contribution in [2.45, 2.75) is 6.54 Å². The molecule has 0 aliphatic carbocycles. The first kappa shape index (κ1) is 13.9. The molecule has 0 saturated heterocycles. The Kier molecular flexibility index (Phi) is 5.27. The molecule has 0 aromatic heterocycles. The first-order valence-corrected chi connectivity index (χ1v) is 7.18. The van der Waals surface area contributed by atoms with Crippen molar-refractivity contribution in [3.8, 4) is 5.75 Å². The SMILES string of the molecule is C=CCOc1ccccc1CNc1cccc(I)c1. The summed E-state index contributed by atoms with van der Waals surface area (Å²) in [5.74, 6) is 0.903. The van der Waals surface area contributed by atoms with Gasteiger partial charge in [-0.15, -0.1) is 0 Å². The minimum absolute atomic E-state index is 0.528. The predicted molar refractivity (Wildman–Crippen MR) is 88.6 cm³/mol. The highest BCUT2D eigenvalue weighted by atomic mass is 127. The minimum Gasteiger partial charge on any atom is -0.489 e. The third-order valence-electron chi connectivity index (χ3n) is 2.64. The number of nitrogens with one attached hydrogen (secondary N) is 1. The average molecular weight is 365 g/mol. The average Bonchev–Trinajstić information content (AvgIpc) is 2.44. The molecule has 2 rings (SSSR count). The second-order valence-corrected chi connectivity index (χ2v) is 5.32. The monoisotopic (exact) mass is 365 g/mol. The predicted octanol–water partition coefficient (Wildman–Crippen LogP) is 4.47. The van der Waals surface area contributed by atoms with Crippen molar-refractivity contribution in [3.05, 3.63) is 70.3 Å². The maximum atomic E-state index is 5.64. The van der Waals surface area contributed by atoms with Crippen LogP contribution in [-0.4, -0.2) is 6.61 Å². The summed E-state index contributed by atoms with van der Waals surface area (Å²) in [5, 5.41) is 3.41. The Morgan fingerprint density at radius 2 is 2.00 bits per heavy atom. The van der Waals surface area contributed by atoms with Crippen LogP contribution in [0.4, 0.5) is 5.69 Å². The Bertz CT molecular complexity index is 554. The van der Waals surface area contributed by atoms with E-state index in [0.29, 0.717) is 6.61 Å². The zero-order chi connectivity index (χ0) is 13.5. The summed E-state index contributed by atoms with van der Waals surface area (Å²) in [5.41, 5.74) is 2.26. The fourth-order valence-corrected chi connectivity index (χ4v) is 2.28. The summed E-state index contributed by atoms with van der Waals surface area (Å²) in [6.07, 6.45) is 1.75. The van der Waals surface area contributed by atoms with Gasteiger partial charge in [0.1, 0.15) is 12.4 Å². The van der Waals surface area contributed by atoms with E-state index in [1.54, 1.807) is 6.08 Å². The fourth-order valence-electron chi connectivity index (χ4n) is 1.74. The van der Waals surface area contributed by atoms with Gasteiger partial charge in [-0.25, -0.2) is 0 Å². The van der Waals surface area contributed by atoms with Crippen LogP contribution in [0, 0.1) is 3.57 Å². The van der Waals surface area contributed by atoms with Gasteiger partial charge in [-0.3, -0.25) is 0 Å². The third-order valence-corrected chi connectivity index (χ3v) is 3.31. The van der Waals surface area contributed by atoms with E-state index in [4.69, 9.17) is 4.74 Å². The summed E-state index contributed by atoms with van der Waals surface area (Å²) >= 11 is 2.31. The molecule has 3 heteroatoms. The number of rotatable bonds is 6. The lowest BCUT2D eigenvalue weighted by molar-refractivity contribution is 0.359. The second kappa shape index (κ2) is 7.19. The number of hydrogen-bond acceptors (Lipinski definition) is 2. The van der Waals surface area contributed by atoms with Crippen molar-refractivity contribution >= 4 is 28.3 Å². The Hall–Kier alpha value is -1.49. The van der Waals surface area contributed by atoms with Crippen molar-refractivity contribution in [2.24, 2.45) is 0 Å². The largest absolute Gasteiger partial charge is 0.489 e. The Morgan fingerprint density at radius 3 is 2.79 bits per heavy atom. The maximum absolute atomic E-state index is 5.64. The topological polar surface area (TPSA) is 21.3 Å². The molecule has 0 bridgehead atoms. The van der Waals surface area contributed by atoms with Crippen LogP contribution < -0.4 is 10.1 Å².